The van der Waals surface area contributed by atoms with Crippen molar-refractivity contribution in [1.29, 1.82) is 0 Å². The van der Waals surface area contributed by atoms with Crippen LogP contribution in [0.25, 0.3) is 0 Å². The van der Waals surface area contributed by atoms with Gasteiger partial charge in [-0.3, -0.25) is 4.90 Å². The van der Waals surface area contributed by atoms with Gasteiger partial charge in [0.25, 0.3) is 0 Å². The van der Waals surface area contributed by atoms with Crippen molar-refractivity contribution in [3.05, 3.63) is 19.8 Å². The highest BCUT2D eigenvalue weighted by atomic mass is 79.9. The first kappa shape index (κ1) is 13.4. The largest absolute Gasteiger partial charge is 0.314 e. The lowest BCUT2D eigenvalue weighted by atomic mass is 9.99. The summed E-state index contributed by atoms with van der Waals surface area (Å²) in [5, 5.41) is 3.67. The van der Waals surface area contributed by atoms with Gasteiger partial charge in [-0.05, 0) is 60.8 Å². The summed E-state index contributed by atoms with van der Waals surface area (Å²) < 4.78 is 1.91. The Balaban J connectivity index is 1.73. The number of nitrogens with zero attached hydrogens (tertiary/aromatic N) is 1. The van der Waals surface area contributed by atoms with Crippen LogP contribution in [0.4, 0.5) is 0 Å². The second-order valence-electron chi connectivity index (χ2n) is 5.43. The maximum absolute atomic E-state index is 6.18. The first-order valence-electron chi connectivity index (χ1n) is 6.53. The van der Waals surface area contributed by atoms with Crippen LogP contribution >= 0.6 is 38.9 Å². The van der Waals surface area contributed by atoms with Crippen LogP contribution < -0.4 is 5.32 Å². The summed E-state index contributed by atoms with van der Waals surface area (Å²) in [6.07, 6.45) is 4.02. The Bertz CT molecular complexity index is 413. The van der Waals surface area contributed by atoms with Gasteiger partial charge < -0.3 is 5.32 Å². The second kappa shape index (κ2) is 5.41. The van der Waals surface area contributed by atoms with Crippen molar-refractivity contribution >= 4 is 38.9 Å². The number of thiophene rings is 1. The molecule has 3 rings (SSSR count). The van der Waals surface area contributed by atoms with Crippen molar-refractivity contribution in [1.82, 2.24) is 10.2 Å². The fraction of sp³-hybridized carbons (Fsp3) is 0.692. The van der Waals surface area contributed by atoms with Crippen molar-refractivity contribution in [2.45, 2.75) is 31.3 Å². The molecule has 0 spiro atoms. The van der Waals surface area contributed by atoms with Crippen molar-refractivity contribution in [2.75, 3.05) is 20.1 Å². The quantitative estimate of drug-likeness (QED) is 0.886. The zero-order chi connectivity index (χ0) is 12.7. The number of hydrogen-bond donors (Lipinski definition) is 1. The number of nitrogens with one attached hydrogen (secondary N) is 1. The summed E-state index contributed by atoms with van der Waals surface area (Å²) in [6, 6.07) is 3.53. The Labute approximate surface area is 126 Å². The normalized spacial score (nSPS) is 29.1. The number of likely N-dealkylation sites (tertiary alicyclic amines) is 1. The molecule has 0 radical (unpaired) electrons. The minimum atomic E-state index is 0.532. The molecule has 2 unspecified atom stereocenters. The van der Waals surface area contributed by atoms with E-state index in [1.165, 1.54) is 30.7 Å². The fourth-order valence-electron chi connectivity index (χ4n) is 2.80. The van der Waals surface area contributed by atoms with Crippen LogP contribution in [0.15, 0.2) is 10.5 Å². The van der Waals surface area contributed by atoms with Crippen LogP contribution in [0.3, 0.4) is 0 Å². The standard InChI is InChI=1S/C13H18BrClN2S/c1-17-5-4-8(7-16-9-2-3-9)12(17)11-6-10(14)13(15)18-11/h6,8-9,12,16H,2-5,7H2,1H3. The molecule has 1 aliphatic carbocycles. The summed E-state index contributed by atoms with van der Waals surface area (Å²) in [6.45, 7) is 2.33. The highest BCUT2D eigenvalue weighted by Crippen LogP contribution is 2.43. The maximum Gasteiger partial charge on any atom is 0.107 e. The lowest BCUT2D eigenvalue weighted by molar-refractivity contribution is 0.276. The van der Waals surface area contributed by atoms with Gasteiger partial charge in [-0.25, -0.2) is 0 Å². The van der Waals surface area contributed by atoms with Gasteiger partial charge >= 0.3 is 0 Å². The second-order valence-corrected chi connectivity index (χ2v) is 7.97. The number of rotatable bonds is 4. The SMILES string of the molecule is CN1CCC(CNC2CC2)C1c1cc(Br)c(Cl)s1. The van der Waals surface area contributed by atoms with Crippen LogP contribution in [-0.2, 0) is 0 Å². The van der Waals surface area contributed by atoms with Gasteiger partial charge in [0, 0.05) is 28.0 Å². The molecule has 2 nitrogen and oxygen atoms in total. The summed E-state index contributed by atoms with van der Waals surface area (Å²) in [5.41, 5.74) is 0. The maximum atomic E-state index is 6.18. The van der Waals surface area contributed by atoms with Crippen molar-refractivity contribution < 1.29 is 0 Å². The predicted molar refractivity (Wildman–Crippen MR) is 81.5 cm³/mol. The Morgan fingerprint density at radius 1 is 1.50 bits per heavy atom. The zero-order valence-corrected chi connectivity index (χ0v) is 13.6. The molecule has 2 aliphatic rings. The van der Waals surface area contributed by atoms with E-state index in [0.717, 1.165) is 27.3 Å². The first-order chi connectivity index (χ1) is 8.65. The lowest BCUT2D eigenvalue weighted by Gasteiger charge is -2.24. The lowest BCUT2D eigenvalue weighted by Crippen LogP contribution is -2.29. The molecule has 1 N–H and O–H groups in total. The average molecular weight is 350 g/mol. The third kappa shape index (κ3) is 2.78. The van der Waals surface area contributed by atoms with Gasteiger partial charge in [0.05, 0.1) is 0 Å². The van der Waals surface area contributed by atoms with E-state index >= 15 is 0 Å². The highest BCUT2D eigenvalue weighted by molar-refractivity contribution is 9.10. The molecule has 1 aromatic heterocycles. The Morgan fingerprint density at radius 2 is 2.28 bits per heavy atom. The van der Waals surface area contributed by atoms with Crippen LogP contribution in [-0.4, -0.2) is 31.1 Å². The summed E-state index contributed by atoms with van der Waals surface area (Å²) in [5.74, 6) is 0.720. The monoisotopic (exact) mass is 348 g/mol. The summed E-state index contributed by atoms with van der Waals surface area (Å²) >= 11 is 11.4. The van der Waals surface area contributed by atoms with Gasteiger partial charge in [0.15, 0.2) is 0 Å². The molecule has 18 heavy (non-hydrogen) atoms. The molecule has 2 heterocycles. The Morgan fingerprint density at radius 3 is 2.89 bits per heavy atom. The van der Waals surface area contributed by atoms with Crippen molar-refractivity contribution in [3.8, 4) is 0 Å². The molecule has 0 bridgehead atoms. The van der Waals surface area contributed by atoms with Crippen molar-refractivity contribution in [3.63, 3.8) is 0 Å². The Kier molecular flexibility index (Phi) is 4.02. The zero-order valence-electron chi connectivity index (χ0n) is 10.5. The number of halogens is 2. The van der Waals surface area contributed by atoms with Gasteiger partial charge in [-0.15, -0.1) is 11.3 Å². The molecule has 1 saturated carbocycles. The van der Waals surface area contributed by atoms with Crippen LogP contribution in [0.5, 0.6) is 0 Å². The molecule has 0 aromatic carbocycles. The van der Waals surface area contributed by atoms with Crippen LogP contribution in [0.1, 0.15) is 30.2 Å². The van der Waals surface area contributed by atoms with Gasteiger partial charge in [0.2, 0.25) is 0 Å². The molecule has 1 saturated heterocycles. The van der Waals surface area contributed by atoms with E-state index in [-0.39, 0.29) is 0 Å². The molecule has 1 aromatic rings. The van der Waals surface area contributed by atoms with E-state index in [0.29, 0.717) is 6.04 Å². The smallest absolute Gasteiger partial charge is 0.107 e. The topological polar surface area (TPSA) is 15.3 Å². The fourth-order valence-corrected chi connectivity index (χ4v) is 4.80. The molecule has 0 amide bonds. The van der Waals surface area contributed by atoms with Gasteiger partial charge in [0.1, 0.15) is 4.34 Å². The molecular weight excluding hydrogens is 332 g/mol. The molecule has 1 aliphatic heterocycles. The number of hydrogen-bond acceptors (Lipinski definition) is 3. The summed E-state index contributed by atoms with van der Waals surface area (Å²) in [4.78, 5) is 3.86. The predicted octanol–water partition coefficient (Wildman–Crippen LogP) is 3.91. The van der Waals surface area contributed by atoms with E-state index in [9.17, 15) is 0 Å². The minimum Gasteiger partial charge on any atom is -0.314 e. The Hall–Kier alpha value is 0.390. The van der Waals surface area contributed by atoms with Crippen LogP contribution in [0, 0.1) is 5.92 Å². The first-order valence-corrected chi connectivity index (χ1v) is 8.52. The molecule has 2 fully saturated rings. The third-order valence-electron chi connectivity index (χ3n) is 3.98. The van der Waals surface area contributed by atoms with E-state index in [2.05, 4.69) is 39.3 Å². The molecule has 100 valence electrons. The van der Waals surface area contributed by atoms with Crippen LogP contribution in [0.2, 0.25) is 4.34 Å². The van der Waals surface area contributed by atoms with E-state index in [1.54, 1.807) is 11.3 Å². The summed E-state index contributed by atoms with van der Waals surface area (Å²) in [7, 11) is 2.23. The highest BCUT2D eigenvalue weighted by Gasteiger charge is 2.35. The van der Waals surface area contributed by atoms with Crippen molar-refractivity contribution in [2.24, 2.45) is 5.92 Å². The average Bonchev–Trinajstić information content (AvgIpc) is 3.01. The van der Waals surface area contributed by atoms with E-state index < -0.39 is 0 Å². The molecular formula is C13H18BrClN2S. The third-order valence-corrected chi connectivity index (χ3v) is 6.52. The van der Waals surface area contributed by atoms with E-state index in [1.807, 2.05) is 0 Å². The van der Waals surface area contributed by atoms with Gasteiger partial charge in [-0.2, -0.15) is 0 Å². The molecule has 5 heteroatoms. The van der Waals surface area contributed by atoms with Gasteiger partial charge in [-0.1, -0.05) is 11.6 Å². The molecule has 2 atom stereocenters. The minimum absolute atomic E-state index is 0.532. The van der Waals surface area contributed by atoms with E-state index in [4.69, 9.17) is 11.6 Å².